The number of carbonyl (C=O) groups is 1. The molecule has 1 aromatic heterocycles. The highest BCUT2D eigenvalue weighted by atomic mass is 16.3. The number of carbonyl (C=O) groups excluding carboxylic acids is 1. The molecule has 0 radical (unpaired) electrons. The minimum absolute atomic E-state index is 0.131. The van der Waals surface area contributed by atoms with Gasteiger partial charge in [0.2, 0.25) is 0 Å². The first-order chi connectivity index (χ1) is 10.8. The summed E-state index contributed by atoms with van der Waals surface area (Å²) in [5.74, 6) is 1.60. The van der Waals surface area contributed by atoms with Crippen LogP contribution in [0.2, 0.25) is 0 Å². The van der Waals surface area contributed by atoms with Gasteiger partial charge in [0.1, 0.15) is 11.5 Å². The summed E-state index contributed by atoms with van der Waals surface area (Å²) in [6.45, 7) is 10.7. The molecule has 4 nitrogen and oxygen atoms in total. The number of benzene rings is 1. The van der Waals surface area contributed by atoms with Gasteiger partial charge in [-0.2, -0.15) is 0 Å². The lowest BCUT2D eigenvalue weighted by molar-refractivity contribution is 0.233. The molecule has 2 amide bonds. The van der Waals surface area contributed by atoms with Crippen molar-refractivity contribution < 1.29 is 9.21 Å². The first-order valence-corrected chi connectivity index (χ1v) is 7.96. The lowest BCUT2D eigenvalue weighted by Gasteiger charge is -2.26. The summed E-state index contributed by atoms with van der Waals surface area (Å²) in [4.78, 5) is 12.1. The number of aryl methyl sites for hydroxylation is 2. The topological polar surface area (TPSA) is 54.3 Å². The maximum absolute atomic E-state index is 12.1. The smallest absolute Gasteiger partial charge is 0.315 e. The van der Waals surface area contributed by atoms with E-state index < -0.39 is 0 Å². The SMILES string of the molecule is Cc1cccc(C(C)(C)CNC(=O)NC(C)c2ccc(C)o2)c1. The average molecular weight is 314 g/mol. The standard InChI is InChI=1S/C19H26N2O2/c1-13-7-6-8-16(11-13)19(4,5)12-20-18(22)21-15(3)17-10-9-14(2)23-17/h6-11,15H,12H2,1-5H3,(H2,20,21,22). The zero-order chi connectivity index (χ0) is 17.0. The molecule has 0 saturated heterocycles. The fourth-order valence-electron chi connectivity index (χ4n) is 2.47. The maximum Gasteiger partial charge on any atom is 0.315 e. The van der Waals surface area contributed by atoms with Crippen LogP contribution in [0.1, 0.15) is 49.5 Å². The van der Waals surface area contributed by atoms with E-state index in [-0.39, 0.29) is 17.5 Å². The summed E-state index contributed by atoms with van der Waals surface area (Å²) in [7, 11) is 0. The number of hydrogen-bond donors (Lipinski definition) is 2. The van der Waals surface area contributed by atoms with Crippen molar-refractivity contribution in [2.24, 2.45) is 0 Å². The van der Waals surface area contributed by atoms with E-state index in [2.05, 4.69) is 49.6 Å². The summed E-state index contributed by atoms with van der Waals surface area (Å²) < 4.78 is 5.53. The number of urea groups is 1. The third kappa shape index (κ3) is 4.62. The van der Waals surface area contributed by atoms with Gasteiger partial charge < -0.3 is 15.1 Å². The number of nitrogens with one attached hydrogen (secondary N) is 2. The minimum Gasteiger partial charge on any atom is -0.464 e. The number of furan rings is 1. The van der Waals surface area contributed by atoms with Crippen LogP contribution in [0.5, 0.6) is 0 Å². The molecule has 23 heavy (non-hydrogen) atoms. The highest BCUT2D eigenvalue weighted by Crippen LogP contribution is 2.23. The fourth-order valence-corrected chi connectivity index (χ4v) is 2.47. The molecule has 0 aliphatic heterocycles. The Morgan fingerprint density at radius 3 is 2.57 bits per heavy atom. The zero-order valence-electron chi connectivity index (χ0n) is 14.6. The van der Waals surface area contributed by atoms with E-state index in [1.807, 2.05) is 32.0 Å². The van der Waals surface area contributed by atoms with Crippen LogP contribution in [-0.4, -0.2) is 12.6 Å². The van der Waals surface area contributed by atoms with Gasteiger partial charge in [-0.15, -0.1) is 0 Å². The normalized spacial score (nSPS) is 12.7. The van der Waals surface area contributed by atoms with Crippen molar-refractivity contribution in [2.75, 3.05) is 6.54 Å². The third-order valence-corrected chi connectivity index (χ3v) is 4.03. The predicted octanol–water partition coefficient (Wildman–Crippen LogP) is 4.23. The van der Waals surface area contributed by atoms with Crippen molar-refractivity contribution >= 4 is 6.03 Å². The van der Waals surface area contributed by atoms with Crippen molar-refractivity contribution in [1.82, 2.24) is 10.6 Å². The molecule has 0 aliphatic rings. The number of rotatable bonds is 5. The van der Waals surface area contributed by atoms with Gasteiger partial charge in [-0.05, 0) is 38.5 Å². The summed E-state index contributed by atoms with van der Waals surface area (Å²) in [6, 6.07) is 11.8. The molecule has 1 atom stereocenters. The van der Waals surface area contributed by atoms with E-state index >= 15 is 0 Å². The van der Waals surface area contributed by atoms with Crippen molar-refractivity contribution in [3.63, 3.8) is 0 Å². The second kappa shape index (κ2) is 6.90. The number of amides is 2. The Hall–Kier alpha value is -2.23. The van der Waals surface area contributed by atoms with Crippen molar-refractivity contribution in [2.45, 2.75) is 46.1 Å². The lowest BCUT2D eigenvalue weighted by atomic mass is 9.84. The molecule has 2 aromatic rings. The molecule has 1 unspecified atom stereocenters. The molecule has 0 bridgehead atoms. The van der Waals surface area contributed by atoms with Crippen LogP contribution >= 0.6 is 0 Å². The van der Waals surface area contributed by atoms with E-state index in [0.717, 1.165) is 11.5 Å². The van der Waals surface area contributed by atoms with Crippen LogP contribution in [0.4, 0.5) is 4.79 Å². The van der Waals surface area contributed by atoms with E-state index in [9.17, 15) is 4.79 Å². The maximum atomic E-state index is 12.1. The molecule has 2 N–H and O–H groups in total. The van der Waals surface area contributed by atoms with Gasteiger partial charge in [0.25, 0.3) is 0 Å². The van der Waals surface area contributed by atoms with Crippen LogP contribution in [0.15, 0.2) is 40.8 Å². The molecular formula is C19H26N2O2. The molecule has 124 valence electrons. The fraction of sp³-hybridized carbons (Fsp3) is 0.421. The van der Waals surface area contributed by atoms with E-state index in [0.29, 0.717) is 6.54 Å². The van der Waals surface area contributed by atoms with Gasteiger partial charge in [-0.1, -0.05) is 43.7 Å². The summed E-state index contributed by atoms with van der Waals surface area (Å²) >= 11 is 0. The van der Waals surface area contributed by atoms with Gasteiger partial charge in [0, 0.05) is 12.0 Å². The van der Waals surface area contributed by atoms with Gasteiger partial charge in [0.05, 0.1) is 6.04 Å². The Balaban J connectivity index is 1.90. The summed E-state index contributed by atoms with van der Waals surface area (Å²) in [5, 5.41) is 5.86. The monoisotopic (exact) mass is 314 g/mol. The first-order valence-electron chi connectivity index (χ1n) is 7.96. The van der Waals surface area contributed by atoms with Crippen LogP contribution < -0.4 is 10.6 Å². The lowest BCUT2D eigenvalue weighted by Crippen LogP contribution is -2.43. The highest BCUT2D eigenvalue weighted by Gasteiger charge is 2.22. The highest BCUT2D eigenvalue weighted by molar-refractivity contribution is 5.74. The van der Waals surface area contributed by atoms with Crippen molar-refractivity contribution in [3.05, 3.63) is 59.0 Å². The van der Waals surface area contributed by atoms with Crippen LogP contribution in [0, 0.1) is 13.8 Å². The molecule has 2 rings (SSSR count). The van der Waals surface area contributed by atoms with E-state index in [1.165, 1.54) is 11.1 Å². The largest absolute Gasteiger partial charge is 0.464 e. The zero-order valence-corrected chi connectivity index (χ0v) is 14.6. The molecule has 1 aromatic carbocycles. The Kier molecular flexibility index (Phi) is 5.14. The van der Waals surface area contributed by atoms with E-state index in [4.69, 9.17) is 4.42 Å². The first kappa shape index (κ1) is 17.1. The molecule has 0 saturated carbocycles. The predicted molar refractivity (Wildman–Crippen MR) is 92.6 cm³/mol. The quantitative estimate of drug-likeness (QED) is 0.867. The average Bonchev–Trinajstić information content (AvgIpc) is 2.92. The number of hydrogen-bond acceptors (Lipinski definition) is 2. The van der Waals surface area contributed by atoms with Crippen LogP contribution in [-0.2, 0) is 5.41 Å². The minimum atomic E-state index is -0.188. The molecule has 0 fully saturated rings. The molecule has 1 heterocycles. The second-order valence-electron chi connectivity index (χ2n) is 6.75. The van der Waals surface area contributed by atoms with Gasteiger partial charge >= 0.3 is 6.03 Å². The third-order valence-electron chi connectivity index (χ3n) is 4.03. The van der Waals surface area contributed by atoms with E-state index in [1.54, 1.807) is 0 Å². The summed E-state index contributed by atoms with van der Waals surface area (Å²) in [5.41, 5.74) is 2.31. The molecule has 4 heteroatoms. The van der Waals surface area contributed by atoms with Crippen molar-refractivity contribution in [3.8, 4) is 0 Å². The van der Waals surface area contributed by atoms with Gasteiger partial charge in [-0.3, -0.25) is 0 Å². The second-order valence-corrected chi connectivity index (χ2v) is 6.75. The molecular weight excluding hydrogens is 288 g/mol. The van der Waals surface area contributed by atoms with Gasteiger partial charge in [-0.25, -0.2) is 4.79 Å². The Bertz CT molecular complexity index is 674. The molecule has 0 spiro atoms. The van der Waals surface area contributed by atoms with Crippen LogP contribution in [0.25, 0.3) is 0 Å². The Morgan fingerprint density at radius 2 is 1.96 bits per heavy atom. The van der Waals surface area contributed by atoms with Gasteiger partial charge in [0.15, 0.2) is 0 Å². The Morgan fingerprint density at radius 1 is 1.22 bits per heavy atom. The van der Waals surface area contributed by atoms with Crippen LogP contribution in [0.3, 0.4) is 0 Å². The summed E-state index contributed by atoms with van der Waals surface area (Å²) in [6.07, 6.45) is 0. The molecule has 0 aliphatic carbocycles. The Labute approximate surface area is 138 Å². The van der Waals surface area contributed by atoms with Crippen molar-refractivity contribution in [1.29, 1.82) is 0 Å².